The van der Waals surface area contributed by atoms with Gasteiger partial charge in [0.1, 0.15) is 0 Å². The van der Waals surface area contributed by atoms with Gasteiger partial charge in [-0.1, -0.05) is 17.7 Å². The van der Waals surface area contributed by atoms with Gasteiger partial charge < -0.3 is 19.7 Å². The molecule has 3 aromatic rings. The number of nitrogens with zero attached hydrogens (tertiary/aromatic N) is 3. The van der Waals surface area contributed by atoms with Crippen molar-refractivity contribution in [3.63, 3.8) is 0 Å². The summed E-state index contributed by atoms with van der Waals surface area (Å²) in [6.07, 6.45) is 4.18. The normalized spacial score (nSPS) is 22.0. The summed E-state index contributed by atoms with van der Waals surface area (Å²) in [5.41, 5.74) is 5.93. The third-order valence-corrected chi connectivity index (χ3v) is 7.54. The number of carboxylic acid groups (broad SMARTS) is 1. The second-order valence-electron chi connectivity index (χ2n) is 9.80. The maximum Gasteiger partial charge on any atom is 0.414 e. The first-order chi connectivity index (χ1) is 16.9. The quantitative estimate of drug-likeness (QED) is 0.493. The van der Waals surface area contributed by atoms with Crippen LogP contribution in [0.4, 0.5) is 22.1 Å². The summed E-state index contributed by atoms with van der Waals surface area (Å²) in [5.74, 6) is -0.236. The number of benzene rings is 2. The van der Waals surface area contributed by atoms with Crippen molar-refractivity contribution in [2.45, 2.75) is 64.5 Å². The Morgan fingerprint density at radius 1 is 1.06 bits per heavy atom. The van der Waals surface area contributed by atoms with Gasteiger partial charge >= 0.3 is 12.1 Å². The molecule has 1 aliphatic heterocycles. The third-order valence-electron chi connectivity index (χ3n) is 7.54. The fourth-order valence-electron chi connectivity index (χ4n) is 5.58. The molecule has 2 aromatic carbocycles. The highest BCUT2D eigenvalue weighted by atomic mass is 16.5. The average Bonchev–Trinajstić information content (AvgIpc) is 3.23. The Bertz CT molecular complexity index is 1260. The Labute approximate surface area is 204 Å². The van der Waals surface area contributed by atoms with Crippen LogP contribution < -0.4 is 10.2 Å². The SMILES string of the molecule is COC(=O)N1c2ccc3c(nc(Nc4ccc(C)cc4)n3C3CCC(C(=O)O)CC3)c2CCC1C. The van der Waals surface area contributed by atoms with Crippen molar-refractivity contribution in [2.75, 3.05) is 17.3 Å². The monoisotopic (exact) mass is 476 g/mol. The number of anilines is 3. The van der Waals surface area contributed by atoms with Crippen molar-refractivity contribution in [2.24, 2.45) is 5.92 Å². The molecule has 1 aliphatic carbocycles. The van der Waals surface area contributed by atoms with Crippen LogP contribution in [0.25, 0.3) is 11.0 Å². The molecule has 35 heavy (non-hydrogen) atoms. The van der Waals surface area contributed by atoms with Gasteiger partial charge in [-0.2, -0.15) is 0 Å². The summed E-state index contributed by atoms with van der Waals surface area (Å²) < 4.78 is 7.32. The average molecular weight is 477 g/mol. The van der Waals surface area contributed by atoms with Crippen LogP contribution in [0.3, 0.4) is 0 Å². The zero-order valence-electron chi connectivity index (χ0n) is 20.5. The molecule has 8 nitrogen and oxygen atoms in total. The van der Waals surface area contributed by atoms with E-state index in [2.05, 4.69) is 28.9 Å². The predicted molar refractivity (Wildman–Crippen MR) is 135 cm³/mol. The summed E-state index contributed by atoms with van der Waals surface area (Å²) in [7, 11) is 1.41. The summed E-state index contributed by atoms with van der Waals surface area (Å²) >= 11 is 0. The standard InChI is InChI=1S/C27H32N4O4/c1-16-4-9-19(10-5-16)28-26-29-24-21-13-6-17(2)30(27(34)35-3)22(21)14-15-23(24)31(26)20-11-7-18(8-12-20)25(32)33/h4-5,9-10,14-15,17-18,20H,6-8,11-13H2,1-3H3,(H,28,29)(H,32,33). The maximum absolute atomic E-state index is 12.6. The van der Waals surface area contributed by atoms with Crippen molar-refractivity contribution >= 4 is 40.4 Å². The van der Waals surface area contributed by atoms with Gasteiger partial charge in [-0.05, 0) is 76.6 Å². The minimum atomic E-state index is -0.706. The first kappa shape index (κ1) is 23.2. The number of ether oxygens (including phenoxy) is 1. The molecule has 1 aromatic heterocycles. The molecule has 1 atom stereocenters. The van der Waals surface area contributed by atoms with Gasteiger partial charge in [0.15, 0.2) is 0 Å². The van der Waals surface area contributed by atoms with E-state index in [1.54, 1.807) is 4.90 Å². The Morgan fingerprint density at radius 2 is 1.77 bits per heavy atom. The number of aliphatic carboxylic acids is 1. The molecule has 8 heteroatoms. The minimum Gasteiger partial charge on any atom is -0.481 e. The maximum atomic E-state index is 12.6. The molecule has 2 aliphatic rings. The molecule has 0 bridgehead atoms. The molecule has 1 saturated carbocycles. The van der Waals surface area contributed by atoms with Crippen LogP contribution in [0.1, 0.15) is 56.2 Å². The molecule has 2 N–H and O–H groups in total. The number of aryl methyl sites for hydroxylation is 2. The van der Waals surface area contributed by atoms with Crippen molar-refractivity contribution in [1.29, 1.82) is 0 Å². The molecular formula is C27H32N4O4. The number of hydrogen-bond acceptors (Lipinski definition) is 5. The van der Waals surface area contributed by atoms with Gasteiger partial charge in [0, 0.05) is 23.3 Å². The van der Waals surface area contributed by atoms with Gasteiger partial charge in [-0.25, -0.2) is 9.78 Å². The number of aromatic nitrogens is 2. The van der Waals surface area contributed by atoms with Crippen LogP contribution in [0.2, 0.25) is 0 Å². The summed E-state index contributed by atoms with van der Waals surface area (Å²) in [6, 6.07) is 12.4. The zero-order chi connectivity index (χ0) is 24.7. The zero-order valence-corrected chi connectivity index (χ0v) is 20.5. The lowest BCUT2D eigenvalue weighted by atomic mass is 9.86. The second-order valence-corrected chi connectivity index (χ2v) is 9.80. The highest BCUT2D eigenvalue weighted by Crippen LogP contribution is 2.41. The van der Waals surface area contributed by atoms with E-state index in [1.165, 1.54) is 12.7 Å². The van der Waals surface area contributed by atoms with E-state index in [0.717, 1.165) is 59.6 Å². The molecule has 0 spiro atoms. The minimum absolute atomic E-state index is 0.0472. The lowest BCUT2D eigenvalue weighted by molar-refractivity contribution is -0.143. The lowest BCUT2D eigenvalue weighted by Gasteiger charge is -2.34. The van der Waals surface area contributed by atoms with E-state index >= 15 is 0 Å². The van der Waals surface area contributed by atoms with Gasteiger partial charge in [0.25, 0.3) is 0 Å². The summed E-state index contributed by atoms with van der Waals surface area (Å²) in [4.78, 5) is 30.9. The van der Waals surface area contributed by atoms with Gasteiger partial charge in [0.2, 0.25) is 5.95 Å². The molecule has 0 radical (unpaired) electrons. The molecule has 1 amide bonds. The van der Waals surface area contributed by atoms with Crippen LogP contribution >= 0.6 is 0 Å². The van der Waals surface area contributed by atoms with Crippen molar-refractivity contribution < 1.29 is 19.4 Å². The first-order valence-corrected chi connectivity index (χ1v) is 12.3. The molecule has 184 valence electrons. The third kappa shape index (κ3) is 4.22. The number of amides is 1. The van der Waals surface area contributed by atoms with Crippen LogP contribution in [0.5, 0.6) is 0 Å². The number of hydrogen-bond donors (Lipinski definition) is 2. The first-order valence-electron chi connectivity index (χ1n) is 12.3. The Hall–Kier alpha value is -3.55. The fraction of sp³-hybridized carbons (Fsp3) is 0.444. The van der Waals surface area contributed by atoms with E-state index in [-0.39, 0.29) is 24.1 Å². The molecule has 1 unspecified atom stereocenters. The molecule has 1 fully saturated rings. The number of fused-ring (bicyclic) bond motifs is 3. The van der Waals surface area contributed by atoms with Crippen LogP contribution in [0, 0.1) is 12.8 Å². The largest absolute Gasteiger partial charge is 0.481 e. The number of methoxy groups -OCH3 is 1. The molecule has 0 saturated heterocycles. The van der Waals surface area contributed by atoms with Gasteiger partial charge in [-0.3, -0.25) is 9.69 Å². The Morgan fingerprint density at radius 3 is 2.43 bits per heavy atom. The highest BCUT2D eigenvalue weighted by Gasteiger charge is 2.33. The number of carbonyl (C=O) groups is 2. The smallest absolute Gasteiger partial charge is 0.414 e. The van der Waals surface area contributed by atoms with Gasteiger partial charge in [0.05, 0.1) is 29.7 Å². The van der Waals surface area contributed by atoms with E-state index in [4.69, 9.17) is 9.72 Å². The molecule has 2 heterocycles. The number of rotatable bonds is 4. The molecular weight excluding hydrogens is 444 g/mol. The van der Waals surface area contributed by atoms with Crippen LogP contribution in [-0.4, -0.2) is 39.9 Å². The Balaban J connectivity index is 1.61. The topological polar surface area (TPSA) is 96.7 Å². The van der Waals surface area contributed by atoms with E-state index < -0.39 is 5.97 Å². The van der Waals surface area contributed by atoms with Crippen LogP contribution in [0.15, 0.2) is 36.4 Å². The van der Waals surface area contributed by atoms with Crippen molar-refractivity contribution in [3.8, 4) is 0 Å². The Kier molecular flexibility index (Phi) is 6.13. The summed E-state index contributed by atoms with van der Waals surface area (Å²) in [5, 5.41) is 13.0. The van der Waals surface area contributed by atoms with E-state index in [9.17, 15) is 14.7 Å². The lowest BCUT2D eigenvalue weighted by Crippen LogP contribution is -2.42. The number of carbonyl (C=O) groups excluding carboxylic acids is 1. The van der Waals surface area contributed by atoms with Crippen LogP contribution in [-0.2, 0) is 16.0 Å². The summed E-state index contributed by atoms with van der Waals surface area (Å²) in [6.45, 7) is 4.09. The number of nitrogens with one attached hydrogen (secondary N) is 1. The van der Waals surface area contributed by atoms with E-state index in [0.29, 0.717) is 12.8 Å². The second kappa shape index (κ2) is 9.24. The van der Waals surface area contributed by atoms with E-state index in [1.807, 2.05) is 31.2 Å². The van der Waals surface area contributed by atoms with Gasteiger partial charge in [-0.15, -0.1) is 0 Å². The van der Waals surface area contributed by atoms with Crippen molar-refractivity contribution in [3.05, 3.63) is 47.5 Å². The number of imidazole rings is 1. The highest BCUT2D eigenvalue weighted by molar-refractivity contribution is 5.96. The predicted octanol–water partition coefficient (Wildman–Crippen LogP) is 5.81. The fourth-order valence-corrected chi connectivity index (χ4v) is 5.58. The van der Waals surface area contributed by atoms with Crippen molar-refractivity contribution in [1.82, 2.24) is 9.55 Å². The number of carboxylic acids is 1. The molecule has 5 rings (SSSR count).